The summed E-state index contributed by atoms with van der Waals surface area (Å²) in [6.07, 6.45) is 0.481. The first-order valence-electron chi connectivity index (χ1n) is 6.57. The SMILES string of the molecule is CCN(CC)C(=O)CCNc1ccc(N)c(OC)c1. The van der Waals surface area contributed by atoms with Crippen molar-refractivity contribution in [2.45, 2.75) is 20.3 Å². The normalized spacial score (nSPS) is 10.1. The number of nitrogens with two attached hydrogens (primary N) is 1. The van der Waals surface area contributed by atoms with Gasteiger partial charge in [-0.3, -0.25) is 4.79 Å². The number of nitrogen functional groups attached to an aromatic ring is 1. The summed E-state index contributed by atoms with van der Waals surface area (Å²) >= 11 is 0. The molecule has 5 heteroatoms. The third-order valence-corrected chi connectivity index (χ3v) is 3.02. The molecule has 3 N–H and O–H groups in total. The van der Waals surface area contributed by atoms with Crippen molar-refractivity contribution in [3.05, 3.63) is 18.2 Å². The van der Waals surface area contributed by atoms with Crippen LogP contribution in [0.1, 0.15) is 20.3 Å². The predicted molar refractivity (Wildman–Crippen MR) is 78.4 cm³/mol. The van der Waals surface area contributed by atoms with E-state index in [1.165, 1.54) is 0 Å². The molecule has 0 radical (unpaired) electrons. The molecule has 0 aliphatic rings. The molecule has 0 aliphatic heterocycles. The summed E-state index contributed by atoms with van der Waals surface area (Å²) in [6.45, 7) is 6.08. The molecule has 106 valence electrons. The smallest absolute Gasteiger partial charge is 0.224 e. The Bertz CT molecular complexity index is 417. The van der Waals surface area contributed by atoms with Gasteiger partial charge in [-0.2, -0.15) is 0 Å². The highest BCUT2D eigenvalue weighted by atomic mass is 16.5. The van der Waals surface area contributed by atoms with Crippen LogP contribution in [0.4, 0.5) is 11.4 Å². The maximum atomic E-state index is 11.8. The van der Waals surface area contributed by atoms with Gasteiger partial charge in [0.15, 0.2) is 0 Å². The van der Waals surface area contributed by atoms with E-state index in [0.717, 1.165) is 18.8 Å². The molecule has 0 spiro atoms. The fourth-order valence-corrected chi connectivity index (χ4v) is 1.87. The van der Waals surface area contributed by atoms with E-state index in [1.807, 2.05) is 30.9 Å². The highest BCUT2D eigenvalue weighted by Crippen LogP contribution is 2.24. The van der Waals surface area contributed by atoms with E-state index in [0.29, 0.717) is 24.4 Å². The van der Waals surface area contributed by atoms with Crippen molar-refractivity contribution < 1.29 is 9.53 Å². The predicted octanol–water partition coefficient (Wildman–Crippen LogP) is 1.95. The second-order valence-electron chi connectivity index (χ2n) is 4.20. The average molecular weight is 265 g/mol. The van der Waals surface area contributed by atoms with Crippen LogP contribution in [-0.2, 0) is 4.79 Å². The number of carbonyl (C=O) groups excluding carboxylic acids is 1. The van der Waals surface area contributed by atoms with Crippen LogP contribution in [0.25, 0.3) is 0 Å². The summed E-state index contributed by atoms with van der Waals surface area (Å²) < 4.78 is 5.15. The average Bonchev–Trinajstić information content (AvgIpc) is 2.42. The highest BCUT2D eigenvalue weighted by molar-refractivity contribution is 5.76. The van der Waals surface area contributed by atoms with Crippen molar-refractivity contribution in [2.24, 2.45) is 0 Å². The minimum absolute atomic E-state index is 0.167. The van der Waals surface area contributed by atoms with E-state index in [9.17, 15) is 4.79 Å². The van der Waals surface area contributed by atoms with Crippen LogP contribution < -0.4 is 15.8 Å². The maximum absolute atomic E-state index is 11.8. The molecule has 0 saturated carbocycles. The van der Waals surface area contributed by atoms with Crippen molar-refractivity contribution in [3.8, 4) is 5.75 Å². The molecule has 1 rings (SSSR count). The Morgan fingerprint density at radius 1 is 1.37 bits per heavy atom. The number of carbonyl (C=O) groups is 1. The summed E-state index contributed by atoms with van der Waals surface area (Å²) in [7, 11) is 1.58. The number of ether oxygens (including phenoxy) is 1. The first-order valence-corrected chi connectivity index (χ1v) is 6.57. The molecule has 0 bridgehead atoms. The summed E-state index contributed by atoms with van der Waals surface area (Å²) in [5.41, 5.74) is 7.24. The zero-order chi connectivity index (χ0) is 14.3. The lowest BCUT2D eigenvalue weighted by atomic mass is 10.2. The first kappa shape index (κ1) is 15.1. The third kappa shape index (κ3) is 4.35. The number of anilines is 2. The number of rotatable bonds is 7. The van der Waals surface area contributed by atoms with Gasteiger partial charge in [0.25, 0.3) is 0 Å². The maximum Gasteiger partial charge on any atom is 0.224 e. The molecule has 0 atom stereocenters. The van der Waals surface area contributed by atoms with Gasteiger partial charge in [0.2, 0.25) is 5.91 Å². The van der Waals surface area contributed by atoms with Crippen molar-refractivity contribution >= 4 is 17.3 Å². The van der Waals surface area contributed by atoms with E-state index >= 15 is 0 Å². The number of methoxy groups -OCH3 is 1. The number of hydrogen-bond acceptors (Lipinski definition) is 4. The molecule has 19 heavy (non-hydrogen) atoms. The van der Waals surface area contributed by atoms with Gasteiger partial charge in [-0.1, -0.05) is 0 Å². The van der Waals surface area contributed by atoms with Gasteiger partial charge in [0, 0.05) is 37.8 Å². The molecule has 0 heterocycles. The number of hydrogen-bond donors (Lipinski definition) is 2. The lowest BCUT2D eigenvalue weighted by molar-refractivity contribution is -0.130. The van der Waals surface area contributed by atoms with Crippen LogP contribution in [0.3, 0.4) is 0 Å². The fraction of sp³-hybridized carbons (Fsp3) is 0.500. The standard InChI is InChI=1S/C14H23N3O2/c1-4-17(5-2)14(18)8-9-16-11-6-7-12(15)13(10-11)19-3/h6-7,10,16H,4-5,8-9,15H2,1-3H3. The molecular formula is C14H23N3O2. The molecule has 1 amide bonds. The van der Waals surface area contributed by atoms with E-state index in [1.54, 1.807) is 13.2 Å². The van der Waals surface area contributed by atoms with E-state index in [-0.39, 0.29) is 5.91 Å². The second-order valence-corrected chi connectivity index (χ2v) is 4.20. The number of nitrogens with zero attached hydrogens (tertiary/aromatic N) is 1. The topological polar surface area (TPSA) is 67.6 Å². The van der Waals surface area contributed by atoms with Gasteiger partial charge in [0.1, 0.15) is 5.75 Å². The Balaban J connectivity index is 2.47. The Morgan fingerprint density at radius 2 is 2.05 bits per heavy atom. The molecule has 1 aromatic rings. The van der Waals surface area contributed by atoms with E-state index in [2.05, 4.69) is 5.32 Å². The molecule has 0 aliphatic carbocycles. The number of benzene rings is 1. The van der Waals surface area contributed by atoms with Crippen molar-refractivity contribution in [3.63, 3.8) is 0 Å². The monoisotopic (exact) mass is 265 g/mol. The molecule has 0 aromatic heterocycles. The zero-order valence-corrected chi connectivity index (χ0v) is 11.9. The van der Waals surface area contributed by atoms with Gasteiger partial charge in [-0.25, -0.2) is 0 Å². The van der Waals surface area contributed by atoms with Crippen LogP contribution in [-0.4, -0.2) is 37.6 Å². The minimum Gasteiger partial charge on any atom is -0.495 e. The highest BCUT2D eigenvalue weighted by Gasteiger charge is 2.08. The largest absolute Gasteiger partial charge is 0.495 e. The zero-order valence-electron chi connectivity index (χ0n) is 11.9. The van der Waals surface area contributed by atoms with Crippen LogP contribution >= 0.6 is 0 Å². The minimum atomic E-state index is 0.167. The molecule has 0 saturated heterocycles. The molecule has 0 unspecified atom stereocenters. The van der Waals surface area contributed by atoms with Crippen LogP contribution in [0, 0.1) is 0 Å². The third-order valence-electron chi connectivity index (χ3n) is 3.02. The van der Waals surface area contributed by atoms with Crippen molar-refractivity contribution in [1.82, 2.24) is 4.90 Å². The van der Waals surface area contributed by atoms with Gasteiger partial charge in [-0.05, 0) is 26.0 Å². The second kappa shape index (κ2) is 7.51. The van der Waals surface area contributed by atoms with Crippen LogP contribution in [0.2, 0.25) is 0 Å². The summed E-state index contributed by atoms with van der Waals surface area (Å²) in [5, 5.41) is 3.20. The van der Waals surface area contributed by atoms with Gasteiger partial charge in [-0.15, -0.1) is 0 Å². The molecule has 1 aromatic carbocycles. The fourth-order valence-electron chi connectivity index (χ4n) is 1.87. The first-order chi connectivity index (χ1) is 9.12. The number of nitrogens with one attached hydrogen (secondary N) is 1. The van der Waals surface area contributed by atoms with E-state index in [4.69, 9.17) is 10.5 Å². The van der Waals surface area contributed by atoms with Crippen LogP contribution in [0.5, 0.6) is 5.75 Å². The van der Waals surface area contributed by atoms with Crippen LogP contribution in [0.15, 0.2) is 18.2 Å². The Labute approximate surface area is 114 Å². The molecule has 0 fully saturated rings. The molecule has 5 nitrogen and oxygen atoms in total. The Kier molecular flexibility index (Phi) is 5.99. The summed E-state index contributed by atoms with van der Waals surface area (Å²) in [5.74, 6) is 0.806. The van der Waals surface area contributed by atoms with Gasteiger partial charge in [0.05, 0.1) is 12.8 Å². The molecular weight excluding hydrogens is 242 g/mol. The van der Waals surface area contributed by atoms with Gasteiger partial charge >= 0.3 is 0 Å². The lowest BCUT2D eigenvalue weighted by Crippen LogP contribution is -2.31. The van der Waals surface area contributed by atoms with Crippen molar-refractivity contribution in [1.29, 1.82) is 0 Å². The Morgan fingerprint density at radius 3 is 2.63 bits per heavy atom. The van der Waals surface area contributed by atoms with Gasteiger partial charge < -0.3 is 20.7 Å². The lowest BCUT2D eigenvalue weighted by Gasteiger charge is -2.18. The summed E-state index contributed by atoms with van der Waals surface area (Å²) in [4.78, 5) is 13.6. The van der Waals surface area contributed by atoms with Crippen molar-refractivity contribution in [2.75, 3.05) is 37.8 Å². The van der Waals surface area contributed by atoms with E-state index < -0.39 is 0 Å². The quantitative estimate of drug-likeness (QED) is 0.739. The number of amides is 1. The Hall–Kier alpha value is -1.91. The summed E-state index contributed by atoms with van der Waals surface area (Å²) in [6, 6.07) is 5.49.